The van der Waals surface area contributed by atoms with Gasteiger partial charge in [-0.25, -0.2) is 13.2 Å². The number of hydrogen-bond acceptors (Lipinski definition) is 4. The molecule has 0 radical (unpaired) electrons. The number of nitrogens with zero attached hydrogens (tertiary/aromatic N) is 1. The molecule has 8 heteroatoms. The van der Waals surface area contributed by atoms with Crippen molar-refractivity contribution in [2.45, 2.75) is 24.8 Å². The van der Waals surface area contributed by atoms with Crippen molar-refractivity contribution < 1.29 is 17.7 Å². The second-order valence-electron chi connectivity index (χ2n) is 7.56. The summed E-state index contributed by atoms with van der Waals surface area (Å²) in [6, 6.07) is 14.3. The summed E-state index contributed by atoms with van der Waals surface area (Å²) in [6.07, 6.45) is 0.879. The number of aryl methyl sites for hydroxylation is 1. The molecule has 3 aromatic rings. The van der Waals surface area contributed by atoms with Gasteiger partial charge in [0, 0.05) is 21.5 Å². The number of piperazine rings is 1. The van der Waals surface area contributed by atoms with Gasteiger partial charge in [-0.3, -0.25) is 0 Å². The van der Waals surface area contributed by atoms with Crippen molar-refractivity contribution in [2.75, 3.05) is 26.2 Å². The number of rotatable bonds is 5. The molecule has 1 fully saturated rings. The van der Waals surface area contributed by atoms with E-state index in [1.165, 1.54) is 4.90 Å². The summed E-state index contributed by atoms with van der Waals surface area (Å²) in [5.74, 6) is 0. The highest BCUT2D eigenvalue weighted by atomic mass is 79.9. The smallest absolute Gasteiger partial charge is 0.336 e. The van der Waals surface area contributed by atoms with Crippen LogP contribution in [0.4, 0.5) is 0 Å². The highest BCUT2D eigenvalue weighted by Gasteiger charge is 2.30. The average Bonchev–Trinajstić information content (AvgIpc) is 2.74. The first-order valence-corrected chi connectivity index (χ1v) is 12.2. The molecule has 0 amide bonds. The van der Waals surface area contributed by atoms with Gasteiger partial charge in [-0.2, -0.15) is 4.31 Å². The lowest BCUT2D eigenvalue weighted by Crippen LogP contribution is -3.13. The fraction of sp³-hybridized carbons (Fsp3) is 0.318. The van der Waals surface area contributed by atoms with Crippen molar-refractivity contribution in [1.29, 1.82) is 0 Å². The lowest BCUT2D eigenvalue weighted by atomic mass is 10.1. The normalized spacial score (nSPS) is 16.2. The minimum Gasteiger partial charge on any atom is -0.423 e. The van der Waals surface area contributed by atoms with Crippen LogP contribution in [0.3, 0.4) is 0 Å². The maximum absolute atomic E-state index is 12.9. The Balaban J connectivity index is 1.49. The zero-order chi connectivity index (χ0) is 21.3. The molecule has 0 saturated carbocycles. The minimum absolute atomic E-state index is 0.313. The van der Waals surface area contributed by atoms with Gasteiger partial charge in [0.2, 0.25) is 10.0 Å². The lowest BCUT2D eigenvalue weighted by molar-refractivity contribution is -0.917. The van der Waals surface area contributed by atoms with Crippen molar-refractivity contribution in [3.63, 3.8) is 0 Å². The van der Waals surface area contributed by atoms with E-state index in [4.69, 9.17) is 4.42 Å². The van der Waals surface area contributed by atoms with Crippen LogP contribution in [0.1, 0.15) is 18.1 Å². The molecule has 1 aliphatic rings. The fourth-order valence-electron chi connectivity index (χ4n) is 3.89. The van der Waals surface area contributed by atoms with Gasteiger partial charge in [-0.05, 0) is 42.3 Å². The van der Waals surface area contributed by atoms with Crippen LogP contribution in [-0.2, 0) is 23.0 Å². The topological polar surface area (TPSA) is 72.0 Å². The second-order valence-corrected chi connectivity index (χ2v) is 10.4. The number of benzene rings is 2. The predicted molar refractivity (Wildman–Crippen MR) is 119 cm³/mol. The number of fused-ring (bicyclic) bond motifs is 1. The van der Waals surface area contributed by atoms with E-state index in [2.05, 4.69) is 28.9 Å². The molecule has 0 atom stereocenters. The lowest BCUT2D eigenvalue weighted by Gasteiger charge is -2.31. The molecular formula is C22H24BrN2O4S+. The third-order valence-corrected chi connectivity index (χ3v) is 8.07. The molecule has 30 heavy (non-hydrogen) atoms. The SMILES string of the molecule is CCc1ccc2c(C[NH+]3CCN(S(=O)(=O)c4ccc(Br)cc4)CC3)cc(=O)oc2c1. The van der Waals surface area contributed by atoms with E-state index in [-0.39, 0.29) is 5.63 Å². The maximum atomic E-state index is 12.9. The maximum Gasteiger partial charge on any atom is 0.336 e. The van der Waals surface area contributed by atoms with Crippen LogP contribution in [0.15, 0.2) is 67.1 Å². The zero-order valence-electron chi connectivity index (χ0n) is 16.7. The van der Waals surface area contributed by atoms with E-state index in [0.29, 0.717) is 43.2 Å². The molecule has 1 N–H and O–H groups in total. The Morgan fingerprint density at radius 3 is 2.43 bits per heavy atom. The minimum atomic E-state index is -3.49. The van der Waals surface area contributed by atoms with Gasteiger partial charge in [0.15, 0.2) is 0 Å². The molecule has 4 rings (SSSR count). The first kappa shape index (κ1) is 21.2. The second kappa shape index (κ2) is 8.63. The number of hydrogen-bond donors (Lipinski definition) is 1. The fourth-order valence-corrected chi connectivity index (χ4v) is 5.59. The molecule has 1 aliphatic heterocycles. The van der Waals surface area contributed by atoms with Crippen LogP contribution >= 0.6 is 15.9 Å². The van der Waals surface area contributed by atoms with Crippen molar-refractivity contribution in [3.8, 4) is 0 Å². The molecule has 6 nitrogen and oxygen atoms in total. The molecule has 1 saturated heterocycles. The van der Waals surface area contributed by atoms with Gasteiger partial charge >= 0.3 is 5.63 Å². The summed E-state index contributed by atoms with van der Waals surface area (Å²) in [6.45, 7) is 5.00. The number of nitrogens with one attached hydrogen (secondary N) is 1. The number of sulfonamides is 1. The quantitative estimate of drug-likeness (QED) is 0.555. The Bertz CT molecular complexity index is 1210. The highest BCUT2D eigenvalue weighted by molar-refractivity contribution is 9.10. The Kier molecular flexibility index (Phi) is 6.11. The third kappa shape index (κ3) is 4.37. The predicted octanol–water partition coefficient (Wildman–Crippen LogP) is 2.21. The number of quaternary nitrogens is 1. The van der Waals surface area contributed by atoms with Crippen LogP contribution in [-0.4, -0.2) is 38.9 Å². The van der Waals surface area contributed by atoms with Crippen LogP contribution in [0.5, 0.6) is 0 Å². The van der Waals surface area contributed by atoms with Crippen molar-refractivity contribution in [1.82, 2.24) is 4.31 Å². The van der Waals surface area contributed by atoms with Gasteiger partial charge in [-0.15, -0.1) is 0 Å². The molecular weight excluding hydrogens is 468 g/mol. The molecule has 158 valence electrons. The van der Waals surface area contributed by atoms with Crippen LogP contribution < -0.4 is 10.5 Å². The molecule has 0 aliphatic carbocycles. The van der Waals surface area contributed by atoms with Crippen LogP contribution in [0.2, 0.25) is 0 Å². The summed E-state index contributed by atoms with van der Waals surface area (Å²) in [5, 5.41) is 0.948. The molecule has 2 aromatic carbocycles. The first-order valence-electron chi connectivity index (χ1n) is 10.0. The van der Waals surface area contributed by atoms with Gasteiger partial charge in [0.05, 0.1) is 31.1 Å². The third-order valence-electron chi connectivity index (χ3n) is 5.62. The largest absolute Gasteiger partial charge is 0.423 e. The first-order chi connectivity index (χ1) is 14.4. The van der Waals surface area contributed by atoms with Crippen LogP contribution in [0.25, 0.3) is 11.0 Å². The Labute approximate surface area is 184 Å². The van der Waals surface area contributed by atoms with E-state index in [1.54, 1.807) is 34.6 Å². The van der Waals surface area contributed by atoms with Crippen LogP contribution in [0, 0.1) is 0 Å². The Hall–Kier alpha value is -2.00. The summed E-state index contributed by atoms with van der Waals surface area (Å²) < 4.78 is 33.6. The van der Waals surface area contributed by atoms with Crippen molar-refractivity contribution in [2.24, 2.45) is 0 Å². The van der Waals surface area contributed by atoms with Gasteiger partial charge in [-0.1, -0.05) is 35.0 Å². The Morgan fingerprint density at radius 2 is 1.77 bits per heavy atom. The van der Waals surface area contributed by atoms with E-state index >= 15 is 0 Å². The molecule has 0 bridgehead atoms. The summed E-state index contributed by atoms with van der Waals surface area (Å²) in [7, 11) is -3.49. The van der Waals surface area contributed by atoms with Crippen molar-refractivity contribution in [3.05, 3.63) is 74.6 Å². The Morgan fingerprint density at radius 1 is 1.07 bits per heavy atom. The standard InChI is InChI=1S/C22H23BrN2O4S/c1-2-16-3-8-20-17(14-22(26)29-21(20)13-16)15-24-9-11-25(12-10-24)30(27,28)19-6-4-18(23)5-7-19/h3-8,13-14H,2,9-12,15H2,1H3/p+1. The van der Waals surface area contributed by atoms with E-state index in [9.17, 15) is 13.2 Å². The van der Waals surface area contributed by atoms with Gasteiger partial charge in [0.25, 0.3) is 0 Å². The highest BCUT2D eigenvalue weighted by Crippen LogP contribution is 2.20. The monoisotopic (exact) mass is 491 g/mol. The van der Waals surface area contributed by atoms with E-state index < -0.39 is 10.0 Å². The average molecular weight is 492 g/mol. The molecule has 1 aromatic heterocycles. The summed E-state index contributed by atoms with van der Waals surface area (Å²) >= 11 is 3.34. The molecule has 2 heterocycles. The number of halogens is 1. The van der Waals surface area contributed by atoms with E-state index in [0.717, 1.165) is 27.4 Å². The van der Waals surface area contributed by atoms with E-state index in [1.807, 2.05) is 12.1 Å². The summed E-state index contributed by atoms with van der Waals surface area (Å²) in [4.78, 5) is 13.6. The molecule has 0 spiro atoms. The summed E-state index contributed by atoms with van der Waals surface area (Å²) in [5.41, 5.74) is 2.35. The van der Waals surface area contributed by atoms with Gasteiger partial charge < -0.3 is 9.32 Å². The zero-order valence-corrected chi connectivity index (χ0v) is 19.1. The van der Waals surface area contributed by atoms with Gasteiger partial charge in [0.1, 0.15) is 12.1 Å². The molecule has 0 unspecified atom stereocenters. The van der Waals surface area contributed by atoms with Crippen molar-refractivity contribution >= 4 is 36.9 Å².